The Morgan fingerprint density at radius 3 is 2.75 bits per heavy atom. The highest BCUT2D eigenvalue weighted by Gasteiger charge is 2.01. The quantitative estimate of drug-likeness (QED) is 0.197. The molecule has 0 saturated heterocycles. The predicted molar refractivity (Wildman–Crippen MR) is 46.3 cm³/mol. The number of rotatable bonds is 5. The Balaban J connectivity index is 3.21. The van der Waals surface area contributed by atoms with Crippen molar-refractivity contribution in [2.24, 2.45) is 5.84 Å². The number of amides is 1. The molecule has 12 heavy (non-hydrogen) atoms. The van der Waals surface area contributed by atoms with E-state index < -0.39 is 0 Å². The van der Waals surface area contributed by atoms with E-state index in [1.165, 1.54) is 18.9 Å². The zero-order chi connectivity index (χ0) is 9.40. The summed E-state index contributed by atoms with van der Waals surface area (Å²) in [5.74, 6) is 5.17. The third-order valence-electron chi connectivity index (χ3n) is 1.08. The Morgan fingerprint density at radius 2 is 2.25 bits per heavy atom. The number of carbonyl (C=O) groups is 2. The maximum Gasteiger partial charge on any atom is 0.315 e. The fourth-order valence-electron chi connectivity index (χ4n) is 0.451. The van der Waals surface area contributed by atoms with Crippen molar-refractivity contribution < 1.29 is 14.3 Å². The summed E-state index contributed by atoms with van der Waals surface area (Å²) in [5.41, 5.74) is 2.00. The molecule has 0 aromatic carbocycles. The minimum atomic E-state index is -0.284. The Hall–Kier alpha value is -0.750. The van der Waals surface area contributed by atoms with Crippen molar-refractivity contribution in [3.05, 3.63) is 0 Å². The maximum atomic E-state index is 10.6. The van der Waals surface area contributed by atoms with E-state index in [0.29, 0.717) is 12.2 Å². The molecule has 0 aliphatic rings. The van der Waals surface area contributed by atoms with Gasteiger partial charge in [0.2, 0.25) is 5.91 Å². The number of methoxy groups -OCH3 is 1. The average Bonchev–Trinajstić information content (AvgIpc) is 2.11. The van der Waals surface area contributed by atoms with Gasteiger partial charge in [-0.15, -0.1) is 11.8 Å². The highest BCUT2D eigenvalue weighted by Crippen LogP contribution is 2.02. The smallest absolute Gasteiger partial charge is 0.315 e. The number of ether oxygens (including phenoxy) is 1. The molecule has 0 aliphatic carbocycles. The SMILES string of the molecule is COC(=O)CSCCC(=O)NN. The highest BCUT2D eigenvalue weighted by molar-refractivity contribution is 7.99. The lowest BCUT2D eigenvalue weighted by Crippen LogP contribution is -2.30. The van der Waals surface area contributed by atoms with E-state index in [4.69, 9.17) is 5.84 Å². The summed E-state index contributed by atoms with van der Waals surface area (Å²) in [5, 5.41) is 0. The number of hydrogen-bond acceptors (Lipinski definition) is 5. The molecule has 0 heterocycles. The van der Waals surface area contributed by atoms with Crippen molar-refractivity contribution in [2.45, 2.75) is 6.42 Å². The molecular weight excluding hydrogens is 180 g/mol. The van der Waals surface area contributed by atoms with Crippen LogP contribution >= 0.6 is 11.8 Å². The first kappa shape index (κ1) is 11.2. The van der Waals surface area contributed by atoms with Crippen molar-refractivity contribution >= 4 is 23.6 Å². The number of hydrogen-bond donors (Lipinski definition) is 2. The molecule has 6 heteroatoms. The molecule has 0 atom stereocenters. The van der Waals surface area contributed by atoms with Gasteiger partial charge in [0.05, 0.1) is 12.9 Å². The van der Waals surface area contributed by atoms with Crippen molar-refractivity contribution in [1.82, 2.24) is 5.43 Å². The molecule has 0 bridgehead atoms. The molecule has 5 nitrogen and oxygen atoms in total. The van der Waals surface area contributed by atoms with Gasteiger partial charge in [0.25, 0.3) is 0 Å². The molecule has 0 fully saturated rings. The first-order chi connectivity index (χ1) is 5.70. The van der Waals surface area contributed by atoms with Gasteiger partial charge in [-0.25, -0.2) is 5.84 Å². The van der Waals surface area contributed by atoms with Crippen molar-refractivity contribution in [2.75, 3.05) is 18.6 Å². The first-order valence-corrected chi connectivity index (χ1v) is 4.50. The van der Waals surface area contributed by atoms with E-state index in [0.717, 1.165) is 0 Å². The molecule has 0 aromatic rings. The maximum absolute atomic E-state index is 10.6. The molecule has 0 spiro atoms. The highest BCUT2D eigenvalue weighted by atomic mass is 32.2. The summed E-state index contributed by atoms with van der Waals surface area (Å²) in [6.45, 7) is 0. The van der Waals surface area contributed by atoms with E-state index in [9.17, 15) is 9.59 Å². The second-order valence-corrected chi connectivity index (χ2v) is 3.05. The van der Waals surface area contributed by atoms with Crippen LogP contribution in [0.4, 0.5) is 0 Å². The van der Waals surface area contributed by atoms with Gasteiger partial charge >= 0.3 is 5.97 Å². The van der Waals surface area contributed by atoms with E-state index in [1.54, 1.807) is 0 Å². The number of thioether (sulfide) groups is 1. The third-order valence-corrected chi connectivity index (χ3v) is 2.01. The second kappa shape index (κ2) is 6.93. The van der Waals surface area contributed by atoms with Crippen LogP contribution in [-0.4, -0.2) is 30.5 Å². The molecule has 0 saturated carbocycles. The van der Waals surface area contributed by atoms with Gasteiger partial charge in [0.1, 0.15) is 0 Å². The lowest BCUT2D eigenvalue weighted by molar-refractivity contribution is -0.137. The number of carbonyl (C=O) groups excluding carboxylic acids is 2. The average molecular weight is 192 g/mol. The zero-order valence-electron chi connectivity index (χ0n) is 6.83. The fourth-order valence-corrected chi connectivity index (χ4v) is 1.21. The third kappa shape index (κ3) is 5.99. The molecule has 0 aliphatic heterocycles. The topological polar surface area (TPSA) is 81.4 Å². The van der Waals surface area contributed by atoms with Crippen LogP contribution < -0.4 is 11.3 Å². The monoisotopic (exact) mass is 192 g/mol. The Labute approximate surface area is 75.0 Å². The zero-order valence-corrected chi connectivity index (χ0v) is 7.65. The fraction of sp³-hybridized carbons (Fsp3) is 0.667. The minimum Gasteiger partial charge on any atom is -0.468 e. The molecule has 0 radical (unpaired) electrons. The van der Waals surface area contributed by atoms with Crippen LogP contribution in [-0.2, 0) is 14.3 Å². The Kier molecular flexibility index (Phi) is 6.50. The normalized spacial score (nSPS) is 9.17. The number of nitrogens with one attached hydrogen (secondary N) is 1. The molecule has 1 amide bonds. The summed E-state index contributed by atoms with van der Waals surface area (Å²) < 4.78 is 4.40. The number of nitrogens with two attached hydrogens (primary N) is 1. The standard InChI is InChI=1S/C6H12N2O3S/c1-11-6(10)4-12-3-2-5(9)8-7/h2-4,7H2,1H3,(H,8,9). The van der Waals surface area contributed by atoms with Crippen LogP contribution in [0.2, 0.25) is 0 Å². The molecule has 0 unspecified atom stereocenters. The van der Waals surface area contributed by atoms with Crippen molar-refractivity contribution in [3.63, 3.8) is 0 Å². The van der Waals surface area contributed by atoms with E-state index in [-0.39, 0.29) is 17.6 Å². The van der Waals surface area contributed by atoms with Crippen LogP contribution in [0.5, 0.6) is 0 Å². The Bertz CT molecular complexity index is 145. The largest absolute Gasteiger partial charge is 0.468 e. The van der Waals surface area contributed by atoms with Crippen LogP contribution in [0.15, 0.2) is 0 Å². The molecule has 0 aromatic heterocycles. The van der Waals surface area contributed by atoms with Crippen LogP contribution in [0.1, 0.15) is 6.42 Å². The van der Waals surface area contributed by atoms with Gasteiger partial charge in [0.15, 0.2) is 0 Å². The summed E-state index contributed by atoms with van der Waals surface area (Å²) in [7, 11) is 1.33. The predicted octanol–water partition coefficient (Wildman–Crippen LogP) is -0.727. The Morgan fingerprint density at radius 1 is 1.58 bits per heavy atom. The van der Waals surface area contributed by atoms with Gasteiger partial charge in [-0.2, -0.15) is 0 Å². The summed E-state index contributed by atoms with van der Waals surface area (Å²) in [6, 6.07) is 0. The van der Waals surface area contributed by atoms with Gasteiger partial charge in [-0.05, 0) is 0 Å². The molecule has 70 valence electrons. The van der Waals surface area contributed by atoms with Crippen molar-refractivity contribution in [3.8, 4) is 0 Å². The molecule has 3 N–H and O–H groups in total. The van der Waals surface area contributed by atoms with Gasteiger partial charge < -0.3 is 4.74 Å². The van der Waals surface area contributed by atoms with E-state index in [1.807, 2.05) is 5.43 Å². The van der Waals surface area contributed by atoms with Gasteiger partial charge in [-0.3, -0.25) is 15.0 Å². The summed E-state index contributed by atoms with van der Waals surface area (Å²) in [6.07, 6.45) is 0.318. The molecule has 0 rings (SSSR count). The summed E-state index contributed by atoms with van der Waals surface area (Å²) >= 11 is 1.34. The second-order valence-electron chi connectivity index (χ2n) is 1.95. The molecular formula is C6H12N2O3S. The van der Waals surface area contributed by atoms with Gasteiger partial charge in [-0.1, -0.05) is 0 Å². The number of esters is 1. The number of hydrazine groups is 1. The van der Waals surface area contributed by atoms with Crippen LogP contribution in [0.3, 0.4) is 0 Å². The lowest BCUT2D eigenvalue weighted by Gasteiger charge is -1.99. The van der Waals surface area contributed by atoms with Crippen molar-refractivity contribution in [1.29, 1.82) is 0 Å². The first-order valence-electron chi connectivity index (χ1n) is 3.34. The lowest BCUT2D eigenvalue weighted by atomic mass is 10.5. The van der Waals surface area contributed by atoms with Gasteiger partial charge in [0, 0.05) is 12.2 Å². The minimum absolute atomic E-state index is 0.229. The van der Waals surface area contributed by atoms with Crippen LogP contribution in [0.25, 0.3) is 0 Å². The van der Waals surface area contributed by atoms with Crippen LogP contribution in [0, 0.1) is 0 Å². The van der Waals surface area contributed by atoms with E-state index in [2.05, 4.69) is 4.74 Å². The summed E-state index contributed by atoms with van der Waals surface area (Å²) in [4.78, 5) is 21.1. The van der Waals surface area contributed by atoms with E-state index >= 15 is 0 Å².